The van der Waals surface area contributed by atoms with E-state index in [2.05, 4.69) is 16.0 Å². The molecule has 0 fully saturated rings. The number of aliphatic carboxylic acids is 1. The van der Waals surface area contributed by atoms with Crippen LogP contribution in [0.4, 0.5) is 0 Å². The van der Waals surface area contributed by atoms with Gasteiger partial charge in [-0.15, -0.1) is 0 Å². The van der Waals surface area contributed by atoms with E-state index in [9.17, 15) is 14.4 Å². The number of hydrogen-bond donors (Lipinski definition) is 8. The van der Waals surface area contributed by atoms with Crippen molar-refractivity contribution < 1.29 is 19.5 Å². The van der Waals surface area contributed by atoms with E-state index in [1.165, 1.54) is 6.92 Å². The van der Waals surface area contributed by atoms with Gasteiger partial charge in [-0.25, -0.2) is 4.79 Å². The third-order valence-corrected chi connectivity index (χ3v) is 3.66. The minimum Gasteiger partial charge on any atom is -0.480 e. The number of carbonyl (C=O) groups excluding carboxylic acids is 2. The Hall–Kier alpha value is -2.40. The fraction of sp³-hybridized carbons (Fsp3) is 0.733. The maximum absolute atomic E-state index is 12.1. The van der Waals surface area contributed by atoms with Crippen molar-refractivity contribution in [2.24, 2.45) is 17.2 Å². The second kappa shape index (κ2) is 12.9. The van der Waals surface area contributed by atoms with Gasteiger partial charge in [-0.2, -0.15) is 0 Å². The van der Waals surface area contributed by atoms with Crippen molar-refractivity contribution in [2.45, 2.75) is 57.2 Å². The van der Waals surface area contributed by atoms with Crippen LogP contribution in [0.3, 0.4) is 0 Å². The topological polar surface area (TPSA) is 209 Å². The van der Waals surface area contributed by atoms with E-state index in [1.807, 2.05) is 0 Å². The molecule has 150 valence electrons. The molecule has 0 aliphatic heterocycles. The first-order valence-corrected chi connectivity index (χ1v) is 8.56. The Morgan fingerprint density at radius 3 is 2.27 bits per heavy atom. The molecule has 0 bridgehead atoms. The zero-order valence-electron chi connectivity index (χ0n) is 15.1. The third kappa shape index (κ3) is 10.5. The van der Waals surface area contributed by atoms with E-state index >= 15 is 0 Å². The summed E-state index contributed by atoms with van der Waals surface area (Å²) in [7, 11) is 0. The molecule has 0 rings (SSSR count). The fourth-order valence-electron chi connectivity index (χ4n) is 2.11. The van der Waals surface area contributed by atoms with Crippen LogP contribution in [0.15, 0.2) is 0 Å². The number of rotatable bonds is 13. The minimum atomic E-state index is -1.14. The van der Waals surface area contributed by atoms with E-state index in [1.54, 1.807) is 0 Å². The standard InChI is InChI=1S/C15H31N7O4/c1-9(12(23)22-11(14(25)26)6-2-3-7-16)21-13(24)10(17)5-4-8-20-15(18)19/h9-11H,2-8,16-17H2,1H3,(H,21,24)(H,22,23)(H,25,26)(H4,18,19,20)/t9-,10-,11-/m0/s1. The normalized spacial score (nSPS) is 14.0. The molecule has 2 amide bonds. The van der Waals surface area contributed by atoms with Gasteiger partial charge >= 0.3 is 5.97 Å². The summed E-state index contributed by atoms with van der Waals surface area (Å²) in [4.78, 5) is 35.3. The summed E-state index contributed by atoms with van der Waals surface area (Å²) in [6, 6.07) is -2.76. The molecule has 11 heteroatoms. The number of nitrogens with two attached hydrogens (primary N) is 3. The predicted molar refractivity (Wildman–Crippen MR) is 97.2 cm³/mol. The minimum absolute atomic E-state index is 0.159. The van der Waals surface area contributed by atoms with Gasteiger partial charge in [0, 0.05) is 6.54 Å². The second-order valence-corrected chi connectivity index (χ2v) is 6.00. The Balaban J connectivity index is 4.33. The number of carbonyl (C=O) groups is 3. The maximum Gasteiger partial charge on any atom is 0.326 e. The number of nitrogens with one attached hydrogen (secondary N) is 4. The molecule has 0 spiro atoms. The Bertz CT molecular complexity index is 487. The Morgan fingerprint density at radius 1 is 1.08 bits per heavy atom. The summed E-state index contributed by atoms with van der Waals surface area (Å²) in [5.74, 6) is -2.40. The van der Waals surface area contributed by atoms with Gasteiger partial charge < -0.3 is 38.3 Å². The summed E-state index contributed by atoms with van der Waals surface area (Å²) in [6.07, 6.45) is 2.38. The molecular weight excluding hydrogens is 342 g/mol. The van der Waals surface area contributed by atoms with Gasteiger partial charge in [-0.1, -0.05) is 0 Å². The molecule has 3 atom stereocenters. The summed E-state index contributed by atoms with van der Waals surface area (Å²) >= 11 is 0. The van der Waals surface area contributed by atoms with E-state index in [0.717, 1.165) is 0 Å². The number of unbranched alkanes of at least 4 members (excludes halogenated alkanes) is 1. The molecule has 0 aromatic carbocycles. The second-order valence-electron chi connectivity index (χ2n) is 6.00. The van der Waals surface area contributed by atoms with E-state index in [-0.39, 0.29) is 12.4 Å². The van der Waals surface area contributed by atoms with Crippen LogP contribution in [0.2, 0.25) is 0 Å². The van der Waals surface area contributed by atoms with Crippen molar-refractivity contribution in [1.82, 2.24) is 16.0 Å². The first-order valence-electron chi connectivity index (χ1n) is 8.56. The van der Waals surface area contributed by atoms with Crippen LogP contribution < -0.4 is 33.2 Å². The molecule has 0 saturated heterocycles. The zero-order valence-corrected chi connectivity index (χ0v) is 15.1. The van der Waals surface area contributed by atoms with Crippen LogP contribution in [0.5, 0.6) is 0 Å². The molecular formula is C15H31N7O4. The van der Waals surface area contributed by atoms with Crippen LogP contribution in [0, 0.1) is 5.41 Å². The number of hydrogen-bond acceptors (Lipinski definition) is 6. The predicted octanol–water partition coefficient (Wildman–Crippen LogP) is -2.22. The lowest BCUT2D eigenvalue weighted by Crippen LogP contribution is -2.53. The average Bonchev–Trinajstić information content (AvgIpc) is 2.56. The van der Waals surface area contributed by atoms with Crippen molar-refractivity contribution in [2.75, 3.05) is 13.1 Å². The van der Waals surface area contributed by atoms with Crippen LogP contribution in [0.1, 0.15) is 39.0 Å². The molecule has 0 radical (unpaired) electrons. The van der Waals surface area contributed by atoms with Gasteiger partial charge in [0.1, 0.15) is 12.1 Å². The highest BCUT2D eigenvalue weighted by atomic mass is 16.4. The molecule has 0 aliphatic carbocycles. The molecule has 11 nitrogen and oxygen atoms in total. The lowest BCUT2D eigenvalue weighted by molar-refractivity contribution is -0.142. The lowest BCUT2D eigenvalue weighted by Gasteiger charge is -2.20. The van der Waals surface area contributed by atoms with Gasteiger partial charge in [-0.3, -0.25) is 15.0 Å². The zero-order chi connectivity index (χ0) is 20.1. The maximum atomic E-state index is 12.1. The van der Waals surface area contributed by atoms with Gasteiger partial charge in [-0.05, 0) is 45.6 Å². The van der Waals surface area contributed by atoms with Crippen LogP contribution >= 0.6 is 0 Å². The van der Waals surface area contributed by atoms with Crippen molar-refractivity contribution in [1.29, 1.82) is 5.41 Å². The van der Waals surface area contributed by atoms with Crippen LogP contribution in [0.25, 0.3) is 0 Å². The quantitative estimate of drug-likeness (QED) is 0.100. The molecule has 0 saturated carbocycles. The number of amides is 2. The molecule has 26 heavy (non-hydrogen) atoms. The number of carboxylic acids is 1. The Labute approximate surface area is 152 Å². The third-order valence-electron chi connectivity index (χ3n) is 3.66. The molecule has 0 aliphatic rings. The highest BCUT2D eigenvalue weighted by molar-refractivity contribution is 5.91. The average molecular weight is 373 g/mol. The van der Waals surface area contributed by atoms with Crippen molar-refractivity contribution in [3.63, 3.8) is 0 Å². The van der Waals surface area contributed by atoms with Gasteiger partial charge in [0.2, 0.25) is 11.8 Å². The first-order chi connectivity index (χ1) is 12.2. The van der Waals surface area contributed by atoms with Crippen molar-refractivity contribution in [3.8, 4) is 0 Å². The van der Waals surface area contributed by atoms with Gasteiger partial charge in [0.25, 0.3) is 0 Å². The Morgan fingerprint density at radius 2 is 1.73 bits per heavy atom. The van der Waals surface area contributed by atoms with Crippen LogP contribution in [-0.2, 0) is 14.4 Å². The molecule has 0 aromatic heterocycles. The lowest BCUT2D eigenvalue weighted by atomic mass is 10.1. The van der Waals surface area contributed by atoms with E-state index in [0.29, 0.717) is 38.8 Å². The smallest absolute Gasteiger partial charge is 0.326 e. The van der Waals surface area contributed by atoms with E-state index < -0.39 is 35.9 Å². The van der Waals surface area contributed by atoms with Crippen molar-refractivity contribution >= 4 is 23.7 Å². The van der Waals surface area contributed by atoms with Crippen LogP contribution in [-0.4, -0.2) is 60.1 Å². The summed E-state index contributed by atoms with van der Waals surface area (Å²) in [5, 5.41) is 23.6. The summed E-state index contributed by atoms with van der Waals surface area (Å²) < 4.78 is 0. The molecule has 0 unspecified atom stereocenters. The molecule has 0 aromatic rings. The largest absolute Gasteiger partial charge is 0.480 e. The SMILES string of the molecule is C[C@H](NC(=O)[C@@H](N)CCCNC(=N)N)C(=O)N[C@@H](CCCCN)C(=O)O. The molecule has 0 heterocycles. The molecule has 11 N–H and O–H groups in total. The fourth-order valence-corrected chi connectivity index (χ4v) is 2.11. The van der Waals surface area contributed by atoms with Crippen molar-refractivity contribution in [3.05, 3.63) is 0 Å². The van der Waals surface area contributed by atoms with Gasteiger partial charge in [0.15, 0.2) is 5.96 Å². The monoisotopic (exact) mass is 373 g/mol. The number of carboxylic acid groups (broad SMARTS) is 1. The first kappa shape index (κ1) is 23.6. The summed E-state index contributed by atoms with van der Waals surface area (Å²) in [5.41, 5.74) is 16.3. The Kier molecular flexibility index (Phi) is 11.7. The van der Waals surface area contributed by atoms with E-state index in [4.69, 9.17) is 27.7 Å². The highest BCUT2D eigenvalue weighted by Crippen LogP contribution is 2.02. The summed E-state index contributed by atoms with van der Waals surface area (Å²) in [6.45, 7) is 2.32. The number of guanidine groups is 1. The van der Waals surface area contributed by atoms with Gasteiger partial charge in [0.05, 0.1) is 6.04 Å². The highest BCUT2D eigenvalue weighted by Gasteiger charge is 2.24.